The molecular weight excluding hydrogens is 162 g/mol. The summed E-state index contributed by atoms with van der Waals surface area (Å²) in [7, 11) is 1.41. The minimum Gasteiger partial charge on any atom is -0.290 e. The predicted molar refractivity (Wildman–Crippen MR) is 42.4 cm³/mol. The first-order chi connectivity index (χ1) is 5.25. The van der Waals surface area contributed by atoms with Crippen LogP contribution < -0.4 is 0 Å². The van der Waals surface area contributed by atoms with E-state index in [2.05, 4.69) is 9.17 Å². The molecule has 0 amide bonds. The van der Waals surface area contributed by atoms with Crippen LogP contribution in [-0.2, 0) is 15.3 Å². The fourth-order valence-corrected chi connectivity index (χ4v) is 1.37. The molecular formula is C7H9NO2S. The van der Waals surface area contributed by atoms with Crippen LogP contribution in [0.25, 0.3) is 0 Å². The lowest BCUT2D eigenvalue weighted by atomic mass is 10.3. The Kier molecular flexibility index (Phi) is 2.73. The molecule has 0 fully saturated rings. The third-order valence-electron chi connectivity index (χ3n) is 1.32. The summed E-state index contributed by atoms with van der Waals surface area (Å²) in [5, 5.41) is 0. The molecule has 1 unspecified atom stereocenters. The molecule has 0 aliphatic rings. The Morgan fingerprint density at radius 2 is 2.36 bits per heavy atom. The van der Waals surface area contributed by atoms with Crippen molar-refractivity contribution >= 4 is 11.1 Å². The molecule has 0 bridgehead atoms. The lowest BCUT2D eigenvalue weighted by Crippen LogP contribution is -1.96. The zero-order valence-corrected chi connectivity index (χ0v) is 7.22. The van der Waals surface area contributed by atoms with Crippen molar-refractivity contribution in [3.8, 4) is 0 Å². The van der Waals surface area contributed by atoms with E-state index in [1.807, 2.05) is 6.92 Å². The molecule has 3 nitrogen and oxygen atoms in total. The number of aromatic nitrogens is 1. The molecule has 0 aliphatic heterocycles. The van der Waals surface area contributed by atoms with Crippen molar-refractivity contribution in [2.24, 2.45) is 0 Å². The van der Waals surface area contributed by atoms with Crippen LogP contribution in [-0.4, -0.2) is 16.3 Å². The summed E-state index contributed by atoms with van der Waals surface area (Å²) in [6.45, 7) is 1.87. The molecule has 0 saturated heterocycles. The minimum atomic E-state index is -1.36. The molecule has 0 aliphatic carbocycles. The molecule has 0 N–H and O–H groups in total. The molecule has 60 valence electrons. The van der Waals surface area contributed by atoms with E-state index in [1.54, 1.807) is 18.5 Å². The molecule has 0 spiro atoms. The molecule has 1 aromatic heterocycles. The summed E-state index contributed by atoms with van der Waals surface area (Å²) < 4.78 is 15.7. The largest absolute Gasteiger partial charge is 0.290 e. The topological polar surface area (TPSA) is 39.2 Å². The van der Waals surface area contributed by atoms with E-state index in [0.717, 1.165) is 5.56 Å². The Labute approximate surface area is 68.1 Å². The predicted octanol–water partition coefficient (Wildman–Crippen LogP) is 1.06. The summed E-state index contributed by atoms with van der Waals surface area (Å²) in [5.41, 5.74) is 0.931. The van der Waals surface area contributed by atoms with Crippen molar-refractivity contribution in [2.75, 3.05) is 7.11 Å². The number of aryl methyl sites for hydroxylation is 1. The third kappa shape index (κ3) is 1.85. The Balaban J connectivity index is 3.03. The van der Waals surface area contributed by atoms with E-state index in [4.69, 9.17) is 0 Å². The fourth-order valence-electron chi connectivity index (χ4n) is 0.714. The van der Waals surface area contributed by atoms with Crippen LogP contribution in [0.3, 0.4) is 0 Å². The SMILES string of the molecule is COS(=O)c1cnccc1C. The second-order valence-electron chi connectivity index (χ2n) is 2.04. The number of nitrogens with zero attached hydrogens (tertiary/aromatic N) is 1. The van der Waals surface area contributed by atoms with Crippen LogP contribution in [0.5, 0.6) is 0 Å². The molecule has 0 aromatic carbocycles. The summed E-state index contributed by atoms with van der Waals surface area (Å²) in [5.74, 6) is 0. The van der Waals surface area contributed by atoms with Crippen LogP contribution >= 0.6 is 0 Å². The lowest BCUT2D eigenvalue weighted by molar-refractivity contribution is 0.445. The van der Waals surface area contributed by atoms with E-state index in [9.17, 15) is 4.21 Å². The van der Waals surface area contributed by atoms with E-state index in [1.165, 1.54) is 7.11 Å². The van der Waals surface area contributed by atoms with Crippen molar-refractivity contribution < 1.29 is 8.39 Å². The van der Waals surface area contributed by atoms with E-state index >= 15 is 0 Å². The Morgan fingerprint density at radius 1 is 1.64 bits per heavy atom. The van der Waals surface area contributed by atoms with Gasteiger partial charge in [0, 0.05) is 12.4 Å². The lowest BCUT2D eigenvalue weighted by Gasteiger charge is -2.00. The third-order valence-corrected chi connectivity index (χ3v) is 2.41. The first-order valence-electron chi connectivity index (χ1n) is 3.12. The zero-order chi connectivity index (χ0) is 8.27. The summed E-state index contributed by atoms with van der Waals surface area (Å²) in [4.78, 5) is 4.48. The summed E-state index contributed by atoms with van der Waals surface area (Å²) in [6.07, 6.45) is 3.21. The van der Waals surface area contributed by atoms with Crippen molar-refractivity contribution in [3.05, 3.63) is 24.0 Å². The van der Waals surface area contributed by atoms with Gasteiger partial charge in [-0.2, -0.15) is 0 Å². The molecule has 1 aromatic rings. The highest BCUT2D eigenvalue weighted by atomic mass is 32.2. The quantitative estimate of drug-likeness (QED) is 0.668. The van der Waals surface area contributed by atoms with Crippen molar-refractivity contribution in [3.63, 3.8) is 0 Å². The molecule has 0 radical (unpaired) electrons. The summed E-state index contributed by atoms with van der Waals surface area (Å²) in [6, 6.07) is 1.80. The van der Waals surface area contributed by atoms with Gasteiger partial charge in [-0.3, -0.25) is 9.17 Å². The molecule has 4 heteroatoms. The maximum Gasteiger partial charge on any atom is 0.190 e. The van der Waals surface area contributed by atoms with Gasteiger partial charge in [-0.1, -0.05) is 0 Å². The van der Waals surface area contributed by atoms with Crippen LogP contribution in [0.4, 0.5) is 0 Å². The van der Waals surface area contributed by atoms with Crippen molar-refractivity contribution in [1.29, 1.82) is 0 Å². The second kappa shape index (κ2) is 3.59. The Hall–Kier alpha value is -0.740. The van der Waals surface area contributed by atoms with Crippen molar-refractivity contribution in [2.45, 2.75) is 11.8 Å². The minimum absolute atomic E-state index is 0.634. The average Bonchev–Trinajstić information content (AvgIpc) is 2.04. The number of hydrogen-bond donors (Lipinski definition) is 0. The number of hydrogen-bond acceptors (Lipinski definition) is 3. The average molecular weight is 171 g/mol. The smallest absolute Gasteiger partial charge is 0.190 e. The molecule has 0 saturated carbocycles. The van der Waals surface area contributed by atoms with Gasteiger partial charge in [0.25, 0.3) is 0 Å². The van der Waals surface area contributed by atoms with Gasteiger partial charge in [0.1, 0.15) is 0 Å². The molecule has 1 atom stereocenters. The maximum absolute atomic E-state index is 11.1. The van der Waals surface area contributed by atoms with Crippen LogP contribution in [0.2, 0.25) is 0 Å². The second-order valence-corrected chi connectivity index (χ2v) is 3.29. The first-order valence-corrected chi connectivity index (χ1v) is 4.20. The van der Waals surface area contributed by atoms with Gasteiger partial charge >= 0.3 is 0 Å². The Morgan fingerprint density at radius 3 is 2.91 bits per heavy atom. The van der Waals surface area contributed by atoms with E-state index < -0.39 is 11.1 Å². The number of rotatable bonds is 2. The van der Waals surface area contributed by atoms with Crippen LogP contribution in [0.1, 0.15) is 5.56 Å². The van der Waals surface area contributed by atoms with Gasteiger partial charge < -0.3 is 0 Å². The van der Waals surface area contributed by atoms with Gasteiger partial charge in [-0.15, -0.1) is 0 Å². The number of pyridine rings is 1. The van der Waals surface area contributed by atoms with E-state index in [0.29, 0.717) is 4.90 Å². The highest BCUT2D eigenvalue weighted by Gasteiger charge is 2.04. The van der Waals surface area contributed by atoms with Gasteiger partial charge in [-0.25, -0.2) is 4.21 Å². The van der Waals surface area contributed by atoms with E-state index in [-0.39, 0.29) is 0 Å². The van der Waals surface area contributed by atoms with Crippen LogP contribution in [0, 0.1) is 6.92 Å². The monoisotopic (exact) mass is 171 g/mol. The van der Waals surface area contributed by atoms with Gasteiger partial charge in [0.15, 0.2) is 11.1 Å². The van der Waals surface area contributed by atoms with Gasteiger partial charge in [0.05, 0.1) is 12.0 Å². The molecule has 1 rings (SSSR count). The highest BCUT2D eigenvalue weighted by Crippen LogP contribution is 2.10. The Bertz CT molecular complexity index is 275. The molecule has 1 heterocycles. The fraction of sp³-hybridized carbons (Fsp3) is 0.286. The first kappa shape index (κ1) is 8.36. The molecule has 11 heavy (non-hydrogen) atoms. The van der Waals surface area contributed by atoms with Crippen LogP contribution in [0.15, 0.2) is 23.4 Å². The zero-order valence-electron chi connectivity index (χ0n) is 6.40. The standard InChI is InChI=1S/C7H9NO2S/c1-6-3-4-8-5-7(6)11(9)10-2/h3-5H,1-2H3. The summed E-state index contributed by atoms with van der Waals surface area (Å²) >= 11 is -1.36. The van der Waals surface area contributed by atoms with Gasteiger partial charge in [0.2, 0.25) is 0 Å². The van der Waals surface area contributed by atoms with Crippen molar-refractivity contribution in [1.82, 2.24) is 4.98 Å². The maximum atomic E-state index is 11.1. The highest BCUT2D eigenvalue weighted by molar-refractivity contribution is 7.80. The normalized spacial score (nSPS) is 12.9. The van der Waals surface area contributed by atoms with Gasteiger partial charge in [-0.05, 0) is 18.6 Å².